The molecule has 0 atom stereocenters. The van der Waals surface area contributed by atoms with Gasteiger partial charge in [0.2, 0.25) is 5.91 Å². The summed E-state index contributed by atoms with van der Waals surface area (Å²) in [5, 5.41) is 9.89. The summed E-state index contributed by atoms with van der Waals surface area (Å²) in [5.74, 6) is 0.0910. The van der Waals surface area contributed by atoms with E-state index in [0.717, 1.165) is 35.2 Å². The third-order valence-electron chi connectivity index (χ3n) is 6.46. The van der Waals surface area contributed by atoms with Gasteiger partial charge in [0, 0.05) is 37.5 Å². The smallest absolute Gasteiger partial charge is 0.409 e. The number of ether oxygens (including phenoxy) is 1. The lowest BCUT2D eigenvalue weighted by molar-refractivity contribution is -0.133. The molecule has 178 valence electrons. The maximum Gasteiger partial charge on any atom is 0.409 e. The molecule has 1 saturated heterocycles. The molecule has 10 heteroatoms. The van der Waals surface area contributed by atoms with Crippen molar-refractivity contribution in [1.82, 2.24) is 29.4 Å². The van der Waals surface area contributed by atoms with Crippen LogP contribution < -0.4 is 5.56 Å². The monoisotopic (exact) mass is 464 g/mol. The summed E-state index contributed by atoms with van der Waals surface area (Å²) < 4.78 is 7.99. The molecule has 1 aromatic carbocycles. The van der Waals surface area contributed by atoms with Crippen LogP contribution in [0.15, 0.2) is 35.3 Å². The van der Waals surface area contributed by atoms with Gasteiger partial charge in [-0.1, -0.05) is 18.2 Å². The summed E-state index contributed by atoms with van der Waals surface area (Å²) in [6, 6.07) is 7.76. The lowest BCUT2D eigenvalue weighted by Crippen LogP contribution is -2.51. The fourth-order valence-electron chi connectivity index (χ4n) is 4.42. The maximum absolute atomic E-state index is 13.5. The third-order valence-corrected chi connectivity index (χ3v) is 6.46. The number of amides is 2. The molecule has 5 rings (SSSR count). The zero-order valence-electron chi connectivity index (χ0n) is 19.4. The Morgan fingerprint density at radius 2 is 1.79 bits per heavy atom. The maximum atomic E-state index is 13.5. The predicted molar refractivity (Wildman–Crippen MR) is 125 cm³/mol. The summed E-state index contributed by atoms with van der Waals surface area (Å²) in [6.07, 6.45) is 3.38. The van der Waals surface area contributed by atoms with E-state index in [0.29, 0.717) is 38.3 Å². The van der Waals surface area contributed by atoms with Crippen molar-refractivity contribution in [2.45, 2.75) is 39.2 Å². The number of para-hydroxylation sites is 1. The van der Waals surface area contributed by atoms with Gasteiger partial charge in [-0.3, -0.25) is 9.59 Å². The zero-order chi connectivity index (χ0) is 23.8. The number of hydrogen-bond acceptors (Lipinski definition) is 6. The first-order valence-corrected chi connectivity index (χ1v) is 11.7. The van der Waals surface area contributed by atoms with E-state index >= 15 is 0 Å². The second-order valence-corrected chi connectivity index (χ2v) is 8.79. The van der Waals surface area contributed by atoms with E-state index in [2.05, 4.69) is 10.2 Å². The first kappa shape index (κ1) is 22.1. The van der Waals surface area contributed by atoms with Crippen molar-refractivity contribution in [2.24, 2.45) is 0 Å². The Balaban J connectivity index is 1.44. The Bertz CT molecular complexity index is 1300. The fourth-order valence-corrected chi connectivity index (χ4v) is 4.42. The minimum absolute atomic E-state index is 0.146. The lowest BCUT2D eigenvalue weighted by Gasteiger charge is -2.34. The normalized spacial score (nSPS) is 16.2. The van der Waals surface area contributed by atoms with Crippen LogP contribution in [0.25, 0.3) is 16.6 Å². The van der Waals surface area contributed by atoms with Crippen molar-refractivity contribution in [3.05, 3.63) is 52.1 Å². The molecule has 0 spiro atoms. The topological polar surface area (TPSA) is 103 Å². The summed E-state index contributed by atoms with van der Waals surface area (Å²) >= 11 is 0. The lowest BCUT2D eigenvalue weighted by atomic mass is 10.2. The molecule has 0 radical (unpaired) electrons. The van der Waals surface area contributed by atoms with Crippen molar-refractivity contribution in [3.63, 3.8) is 0 Å². The minimum atomic E-state index is -0.364. The number of aryl methyl sites for hydroxylation is 1. The quantitative estimate of drug-likeness (QED) is 0.573. The van der Waals surface area contributed by atoms with Gasteiger partial charge in [-0.25, -0.2) is 14.2 Å². The van der Waals surface area contributed by atoms with Crippen LogP contribution in [0.4, 0.5) is 4.79 Å². The third kappa shape index (κ3) is 4.04. The van der Waals surface area contributed by atoms with Gasteiger partial charge in [0.1, 0.15) is 12.1 Å². The Morgan fingerprint density at radius 3 is 2.47 bits per heavy atom. The molecule has 2 aromatic heterocycles. The molecule has 0 bridgehead atoms. The number of benzene rings is 1. The SMILES string of the molecule is CCOC(=O)N1CCN(C(=O)Cn2nc(C3CC3)c3cnn(-c4ccccc4C)c3c2=O)CC1. The highest BCUT2D eigenvalue weighted by molar-refractivity contribution is 5.83. The van der Waals surface area contributed by atoms with Crippen LogP contribution in [-0.2, 0) is 16.1 Å². The molecule has 1 aliphatic heterocycles. The highest BCUT2D eigenvalue weighted by atomic mass is 16.6. The molecule has 2 amide bonds. The Hall–Kier alpha value is -3.69. The van der Waals surface area contributed by atoms with Crippen molar-refractivity contribution < 1.29 is 14.3 Å². The van der Waals surface area contributed by atoms with Gasteiger partial charge >= 0.3 is 6.09 Å². The standard InChI is InChI=1S/C24H28N6O4/c1-3-34-24(33)28-12-10-27(11-13-28)20(31)15-29-23(32)22-18(21(26-29)17-8-9-17)14-25-30(22)19-7-5-4-6-16(19)2/h4-7,14,17H,3,8-13,15H2,1-2H3. The van der Waals surface area contributed by atoms with Crippen LogP contribution in [0.2, 0.25) is 0 Å². The van der Waals surface area contributed by atoms with Crippen LogP contribution >= 0.6 is 0 Å². The number of hydrogen-bond donors (Lipinski definition) is 0. The molecule has 10 nitrogen and oxygen atoms in total. The van der Waals surface area contributed by atoms with Crippen LogP contribution in [0.1, 0.15) is 36.9 Å². The van der Waals surface area contributed by atoms with Crippen molar-refractivity contribution >= 4 is 22.9 Å². The van der Waals surface area contributed by atoms with Crippen LogP contribution in [-0.4, -0.2) is 74.1 Å². The van der Waals surface area contributed by atoms with Crippen molar-refractivity contribution in [1.29, 1.82) is 0 Å². The zero-order valence-corrected chi connectivity index (χ0v) is 19.4. The van der Waals surface area contributed by atoms with Gasteiger partial charge in [0.15, 0.2) is 0 Å². The van der Waals surface area contributed by atoms with Crippen LogP contribution in [0, 0.1) is 6.92 Å². The van der Waals surface area contributed by atoms with E-state index < -0.39 is 0 Å². The highest BCUT2D eigenvalue weighted by Gasteiger charge is 2.31. The van der Waals surface area contributed by atoms with E-state index in [1.807, 2.05) is 31.2 Å². The summed E-state index contributed by atoms with van der Waals surface area (Å²) in [7, 11) is 0. The number of fused-ring (bicyclic) bond motifs is 1. The number of piperazine rings is 1. The molecule has 3 aromatic rings. The largest absolute Gasteiger partial charge is 0.450 e. The molecule has 1 aliphatic carbocycles. The predicted octanol–water partition coefficient (Wildman–Crippen LogP) is 2.07. The Kier molecular flexibility index (Phi) is 5.80. The summed E-state index contributed by atoms with van der Waals surface area (Å²) in [4.78, 5) is 41.8. The number of nitrogens with zero attached hydrogens (tertiary/aromatic N) is 6. The molecule has 1 saturated carbocycles. The van der Waals surface area contributed by atoms with Gasteiger partial charge in [0.05, 0.1) is 24.2 Å². The molecular weight excluding hydrogens is 436 g/mol. The molecule has 2 fully saturated rings. The van der Waals surface area contributed by atoms with Crippen molar-refractivity contribution in [2.75, 3.05) is 32.8 Å². The first-order valence-electron chi connectivity index (χ1n) is 11.7. The number of aromatic nitrogens is 4. The highest BCUT2D eigenvalue weighted by Crippen LogP contribution is 2.41. The molecule has 2 aliphatic rings. The Labute approximate surface area is 196 Å². The average molecular weight is 465 g/mol. The van der Waals surface area contributed by atoms with Gasteiger partial charge in [-0.2, -0.15) is 10.2 Å². The van der Waals surface area contributed by atoms with Crippen molar-refractivity contribution in [3.8, 4) is 5.69 Å². The molecule has 34 heavy (non-hydrogen) atoms. The number of rotatable bonds is 5. The van der Waals surface area contributed by atoms with Gasteiger partial charge in [-0.05, 0) is 38.3 Å². The average Bonchev–Trinajstić information content (AvgIpc) is 3.59. The number of carbonyl (C=O) groups excluding carboxylic acids is 2. The molecule has 0 unspecified atom stereocenters. The van der Waals surface area contributed by atoms with E-state index in [4.69, 9.17) is 4.74 Å². The van der Waals surface area contributed by atoms with E-state index in [-0.39, 0.29) is 30.0 Å². The Morgan fingerprint density at radius 1 is 1.09 bits per heavy atom. The molecule has 3 heterocycles. The minimum Gasteiger partial charge on any atom is -0.450 e. The summed E-state index contributed by atoms with van der Waals surface area (Å²) in [5.41, 5.74) is 2.77. The van der Waals surface area contributed by atoms with Gasteiger partial charge in [0.25, 0.3) is 5.56 Å². The van der Waals surface area contributed by atoms with E-state index in [1.165, 1.54) is 4.68 Å². The van der Waals surface area contributed by atoms with Crippen LogP contribution in [0.3, 0.4) is 0 Å². The second-order valence-electron chi connectivity index (χ2n) is 8.79. The van der Waals surface area contributed by atoms with Crippen LogP contribution in [0.5, 0.6) is 0 Å². The summed E-state index contributed by atoms with van der Waals surface area (Å²) in [6.45, 7) is 5.50. The number of carbonyl (C=O) groups is 2. The molecular formula is C24H28N6O4. The van der Waals surface area contributed by atoms with Gasteiger partial charge < -0.3 is 14.5 Å². The van der Waals surface area contributed by atoms with E-state index in [1.54, 1.807) is 27.6 Å². The fraction of sp³-hybridized carbons (Fsp3) is 0.458. The molecule has 0 N–H and O–H groups in total. The van der Waals surface area contributed by atoms with E-state index in [9.17, 15) is 14.4 Å². The second kappa shape index (κ2) is 8.92. The first-order chi connectivity index (χ1) is 16.5. The van der Waals surface area contributed by atoms with Gasteiger partial charge in [-0.15, -0.1) is 0 Å².